The Bertz CT molecular complexity index is 584. The fourth-order valence-electron chi connectivity index (χ4n) is 2.24. The lowest BCUT2D eigenvalue weighted by Gasteiger charge is -2.22. The summed E-state index contributed by atoms with van der Waals surface area (Å²) in [7, 11) is -4.02. The Kier molecular flexibility index (Phi) is 4.72. The van der Waals surface area contributed by atoms with E-state index in [9.17, 15) is 17.2 Å². The number of rotatable bonds is 4. The summed E-state index contributed by atoms with van der Waals surface area (Å²) in [6.07, 6.45) is 1.90. The van der Waals surface area contributed by atoms with E-state index in [-0.39, 0.29) is 18.0 Å². The quantitative estimate of drug-likeness (QED) is 0.887. The van der Waals surface area contributed by atoms with Gasteiger partial charge in [0.05, 0.1) is 0 Å². The number of hydrogen-bond donors (Lipinski definition) is 2. The van der Waals surface area contributed by atoms with Crippen LogP contribution in [0.15, 0.2) is 17.0 Å². The average molecular weight is 304 g/mol. The molecule has 7 heteroatoms. The van der Waals surface area contributed by atoms with Crippen molar-refractivity contribution in [2.75, 3.05) is 19.6 Å². The van der Waals surface area contributed by atoms with E-state index in [0.717, 1.165) is 38.1 Å². The van der Waals surface area contributed by atoms with Gasteiger partial charge in [0.2, 0.25) is 10.0 Å². The Balaban J connectivity index is 2.11. The van der Waals surface area contributed by atoms with Crippen LogP contribution >= 0.6 is 0 Å². The summed E-state index contributed by atoms with van der Waals surface area (Å²) in [6.45, 7) is 3.27. The first-order chi connectivity index (χ1) is 9.40. The van der Waals surface area contributed by atoms with E-state index in [1.165, 1.54) is 6.92 Å². The van der Waals surface area contributed by atoms with Gasteiger partial charge in [-0.1, -0.05) is 0 Å². The van der Waals surface area contributed by atoms with Crippen molar-refractivity contribution in [3.05, 3.63) is 29.3 Å². The van der Waals surface area contributed by atoms with Crippen molar-refractivity contribution in [1.29, 1.82) is 0 Å². The summed E-state index contributed by atoms with van der Waals surface area (Å²) in [5.41, 5.74) is 0.0814. The van der Waals surface area contributed by atoms with E-state index < -0.39 is 26.6 Å². The maximum absolute atomic E-state index is 13.7. The highest BCUT2D eigenvalue weighted by Crippen LogP contribution is 2.19. The molecular weight excluding hydrogens is 286 g/mol. The van der Waals surface area contributed by atoms with Gasteiger partial charge in [-0.05, 0) is 56.5 Å². The van der Waals surface area contributed by atoms with Crippen molar-refractivity contribution in [1.82, 2.24) is 10.0 Å². The van der Waals surface area contributed by atoms with Gasteiger partial charge < -0.3 is 5.32 Å². The lowest BCUT2D eigenvalue weighted by molar-refractivity contribution is 0.375. The molecule has 4 nitrogen and oxygen atoms in total. The molecule has 0 aromatic heterocycles. The molecule has 112 valence electrons. The number of halogens is 2. The van der Waals surface area contributed by atoms with Crippen LogP contribution in [-0.2, 0) is 10.0 Å². The second kappa shape index (κ2) is 6.15. The highest BCUT2D eigenvalue weighted by atomic mass is 32.2. The molecule has 1 saturated heterocycles. The van der Waals surface area contributed by atoms with Gasteiger partial charge in [0.15, 0.2) is 0 Å². The predicted octanol–water partition coefficient (Wildman–Crippen LogP) is 1.55. The Hall–Kier alpha value is -1.05. The second-order valence-corrected chi connectivity index (χ2v) is 6.83. The Morgan fingerprint density at radius 1 is 1.35 bits per heavy atom. The molecule has 20 heavy (non-hydrogen) atoms. The van der Waals surface area contributed by atoms with Crippen LogP contribution in [0.1, 0.15) is 18.4 Å². The molecule has 0 aliphatic carbocycles. The minimum absolute atomic E-state index is 0.0814. The molecule has 1 heterocycles. The molecule has 0 saturated carbocycles. The summed E-state index contributed by atoms with van der Waals surface area (Å²) in [5.74, 6) is -1.49. The lowest BCUT2D eigenvalue weighted by Crippen LogP contribution is -2.38. The van der Waals surface area contributed by atoms with Crippen LogP contribution in [0.4, 0.5) is 8.78 Å². The topological polar surface area (TPSA) is 58.2 Å². The normalized spacial score (nSPS) is 20.1. The molecule has 1 aliphatic rings. The zero-order valence-electron chi connectivity index (χ0n) is 11.2. The second-order valence-electron chi connectivity index (χ2n) is 5.10. The van der Waals surface area contributed by atoms with Gasteiger partial charge in [-0.25, -0.2) is 21.9 Å². The van der Waals surface area contributed by atoms with Crippen LogP contribution in [-0.4, -0.2) is 28.1 Å². The van der Waals surface area contributed by atoms with E-state index in [1.54, 1.807) is 0 Å². The fraction of sp³-hybridized carbons (Fsp3) is 0.538. The number of sulfonamides is 1. The number of nitrogens with one attached hydrogen (secondary N) is 2. The molecule has 1 aromatic carbocycles. The Labute approximate surface area is 117 Å². The molecule has 0 amide bonds. The third-order valence-corrected chi connectivity index (χ3v) is 4.90. The highest BCUT2D eigenvalue weighted by Gasteiger charge is 2.23. The Morgan fingerprint density at radius 3 is 2.75 bits per heavy atom. The average Bonchev–Trinajstić information content (AvgIpc) is 2.42. The summed E-state index contributed by atoms with van der Waals surface area (Å²) in [4.78, 5) is -0.635. The van der Waals surface area contributed by atoms with Gasteiger partial charge in [0.1, 0.15) is 16.5 Å². The highest BCUT2D eigenvalue weighted by molar-refractivity contribution is 7.89. The summed E-state index contributed by atoms with van der Waals surface area (Å²) in [5, 5.41) is 3.17. The zero-order chi connectivity index (χ0) is 14.8. The smallest absolute Gasteiger partial charge is 0.243 e. The first kappa shape index (κ1) is 15.3. The molecule has 0 spiro atoms. The molecular formula is C13H18F2N2O2S. The molecule has 1 atom stereocenters. The van der Waals surface area contributed by atoms with Crippen LogP contribution in [0.5, 0.6) is 0 Å². The largest absolute Gasteiger partial charge is 0.316 e. The lowest BCUT2D eigenvalue weighted by atomic mass is 10.0. The van der Waals surface area contributed by atoms with Gasteiger partial charge >= 0.3 is 0 Å². The molecule has 0 unspecified atom stereocenters. The van der Waals surface area contributed by atoms with Crippen LogP contribution in [0.25, 0.3) is 0 Å². The fourth-order valence-corrected chi connectivity index (χ4v) is 3.42. The number of benzene rings is 1. The summed E-state index contributed by atoms with van der Waals surface area (Å²) < 4.78 is 53.5. The molecule has 1 aromatic rings. The standard InChI is InChI=1S/C13H18F2N2O2S/c1-9-5-12(15)13(6-11(9)14)20(18,19)17-8-10-3-2-4-16-7-10/h5-6,10,16-17H,2-4,7-8H2,1H3/t10-/m0/s1. The van der Waals surface area contributed by atoms with Gasteiger partial charge in [-0.3, -0.25) is 0 Å². The molecule has 0 radical (unpaired) electrons. The third-order valence-electron chi connectivity index (χ3n) is 3.46. The van der Waals surface area contributed by atoms with Gasteiger partial charge in [-0.2, -0.15) is 0 Å². The monoisotopic (exact) mass is 304 g/mol. The molecule has 1 aliphatic heterocycles. The first-order valence-corrected chi connectivity index (χ1v) is 8.04. The number of hydrogen-bond acceptors (Lipinski definition) is 3. The maximum atomic E-state index is 13.7. The van der Waals surface area contributed by atoms with Crippen molar-refractivity contribution in [2.45, 2.75) is 24.7 Å². The van der Waals surface area contributed by atoms with Gasteiger partial charge in [0.25, 0.3) is 0 Å². The zero-order valence-corrected chi connectivity index (χ0v) is 12.1. The molecule has 2 rings (SSSR count). The van der Waals surface area contributed by atoms with Crippen molar-refractivity contribution in [2.24, 2.45) is 5.92 Å². The first-order valence-electron chi connectivity index (χ1n) is 6.56. The van der Waals surface area contributed by atoms with Gasteiger partial charge in [-0.15, -0.1) is 0 Å². The molecule has 2 N–H and O–H groups in total. The van der Waals surface area contributed by atoms with Crippen molar-refractivity contribution < 1.29 is 17.2 Å². The van der Waals surface area contributed by atoms with E-state index >= 15 is 0 Å². The van der Waals surface area contributed by atoms with Crippen LogP contribution in [0.2, 0.25) is 0 Å². The van der Waals surface area contributed by atoms with E-state index in [4.69, 9.17) is 0 Å². The van der Waals surface area contributed by atoms with Crippen LogP contribution in [0.3, 0.4) is 0 Å². The van der Waals surface area contributed by atoms with Crippen molar-refractivity contribution in [3.8, 4) is 0 Å². The summed E-state index contributed by atoms with van der Waals surface area (Å²) >= 11 is 0. The summed E-state index contributed by atoms with van der Waals surface area (Å²) in [6, 6.07) is 1.62. The third kappa shape index (κ3) is 3.53. The van der Waals surface area contributed by atoms with Crippen molar-refractivity contribution in [3.63, 3.8) is 0 Å². The molecule has 0 bridgehead atoms. The van der Waals surface area contributed by atoms with Gasteiger partial charge in [0, 0.05) is 6.54 Å². The van der Waals surface area contributed by atoms with Crippen LogP contribution < -0.4 is 10.0 Å². The van der Waals surface area contributed by atoms with E-state index in [2.05, 4.69) is 10.0 Å². The minimum Gasteiger partial charge on any atom is -0.316 e. The van der Waals surface area contributed by atoms with E-state index in [1.807, 2.05) is 0 Å². The Morgan fingerprint density at radius 2 is 2.10 bits per heavy atom. The van der Waals surface area contributed by atoms with Crippen molar-refractivity contribution >= 4 is 10.0 Å². The minimum atomic E-state index is -4.02. The molecule has 1 fully saturated rings. The number of aryl methyl sites for hydroxylation is 1. The SMILES string of the molecule is Cc1cc(F)c(S(=O)(=O)NC[C@H]2CCCNC2)cc1F. The maximum Gasteiger partial charge on any atom is 0.243 e. The number of piperidine rings is 1. The van der Waals surface area contributed by atoms with E-state index in [0.29, 0.717) is 0 Å². The predicted molar refractivity (Wildman–Crippen MR) is 71.9 cm³/mol. The van der Waals surface area contributed by atoms with Crippen LogP contribution in [0, 0.1) is 24.5 Å².